The number of amides is 1. The highest BCUT2D eigenvalue weighted by Gasteiger charge is 2.22. The molecule has 0 unspecified atom stereocenters. The van der Waals surface area contributed by atoms with E-state index in [1.165, 1.54) is 6.07 Å². The van der Waals surface area contributed by atoms with Crippen LogP contribution in [0.15, 0.2) is 106 Å². The number of carbonyl (C=O) groups excluding carboxylic acids is 1. The minimum Gasteiger partial charge on any atom is -0.457 e. The highest BCUT2D eigenvalue weighted by atomic mass is 35.5. The number of pyridine rings is 1. The molecule has 0 fully saturated rings. The van der Waals surface area contributed by atoms with Crippen LogP contribution in [-0.2, 0) is 10.0 Å². The van der Waals surface area contributed by atoms with Gasteiger partial charge in [-0.3, -0.25) is 4.79 Å². The van der Waals surface area contributed by atoms with Crippen LogP contribution in [0.3, 0.4) is 0 Å². The number of fused-ring (bicyclic) bond motifs is 2. The number of ether oxygens (including phenoxy) is 1. The first kappa shape index (κ1) is 26.6. The molecule has 4 aromatic carbocycles. The number of hydrogen-bond donors (Lipinski definition) is 1. The van der Waals surface area contributed by atoms with E-state index >= 15 is 0 Å². The summed E-state index contributed by atoms with van der Waals surface area (Å²) >= 11 is 6.14. The molecule has 9 heteroatoms. The Labute approximate surface area is 241 Å². The largest absolute Gasteiger partial charge is 0.457 e. The maximum atomic E-state index is 13.0. The van der Waals surface area contributed by atoms with Crippen molar-refractivity contribution in [1.29, 1.82) is 0 Å². The van der Waals surface area contributed by atoms with E-state index in [1.54, 1.807) is 62.4 Å². The predicted octanol–water partition coefficient (Wildman–Crippen LogP) is 7.83. The fraction of sp³-hybridized carbons (Fsp3) is 0.0625. The first-order valence-electron chi connectivity index (χ1n) is 12.7. The van der Waals surface area contributed by atoms with Gasteiger partial charge >= 0.3 is 0 Å². The zero-order chi connectivity index (χ0) is 28.7. The Morgan fingerprint density at radius 3 is 2.51 bits per heavy atom. The summed E-state index contributed by atoms with van der Waals surface area (Å²) in [4.78, 5) is 17.8. The summed E-state index contributed by atoms with van der Waals surface area (Å²) in [5, 5.41) is 2.39. The van der Waals surface area contributed by atoms with Gasteiger partial charge in [0.05, 0.1) is 10.4 Å². The molecule has 204 valence electrons. The normalized spacial score (nSPS) is 11.6. The second kappa shape index (κ2) is 10.4. The molecule has 0 atom stereocenters. The van der Waals surface area contributed by atoms with Crippen molar-refractivity contribution < 1.29 is 22.4 Å². The van der Waals surface area contributed by atoms with Crippen molar-refractivity contribution in [1.82, 2.24) is 9.71 Å². The van der Waals surface area contributed by atoms with Crippen molar-refractivity contribution in [2.75, 3.05) is 0 Å². The number of rotatable bonds is 6. The molecule has 0 aliphatic carbocycles. The second-order valence-corrected chi connectivity index (χ2v) is 11.7. The van der Waals surface area contributed by atoms with Gasteiger partial charge in [0.15, 0.2) is 5.76 Å². The number of hydrogen-bond acceptors (Lipinski definition) is 6. The van der Waals surface area contributed by atoms with Crippen molar-refractivity contribution in [3.63, 3.8) is 0 Å². The quantitative estimate of drug-likeness (QED) is 0.215. The predicted molar refractivity (Wildman–Crippen MR) is 159 cm³/mol. The number of carbonyl (C=O) groups is 1. The number of sulfonamides is 1. The molecule has 0 aliphatic rings. The van der Waals surface area contributed by atoms with Crippen LogP contribution in [0.5, 0.6) is 11.5 Å². The average Bonchev–Trinajstić information content (AvgIpc) is 3.37. The molecule has 2 heterocycles. The monoisotopic (exact) mass is 582 g/mol. The molecule has 0 spiro atoms. The second-order valence-electron chi connectivity index (χ2n) is 9.57. The van der Waals surface area contributed by atoms with Crippen LogP contribution in [0, 0.1) is 13.8 Å². The maximum Gasteiger partial charge on any atom is 0.265 e. The minimum absolute atomic E-state index is 0.0499. The molecular formula is C32H23ClN2O5S. The molecule has 0 aliphatic heterocycles. The van der Waals surface area contributed by atoms with Crippen molar-refractivity contribution in [3.8, 4) is 23.0 Å². The zero-order valence-corrected chi connectivity index (χ0v) is 23.6. The van der Waals surface area contributed by atoms with Crippen LogP contribution in [0.1, 0.15) is 21.5 Å². The summed E-state index contributed by atoms with van der Waals surface area (Å²) in [7, 11) is -4.05. The average molecular weight is 583 g/mol. The maximum absolute atomic E-state index is 13.0. The van der Waals surface area contributed by atoms with E-state index < -0.39 is 15.9 Å². The summed E-state index contributed by atoms with van der Waals surface area (Å²) in [5.74, 6) is 0.803. The summed E-state index contributed by atoms with van der Waals surface area (Å²) in [6, 6.07) is 28.1. The molecule has 1 amide bonds. The van der Waals surface area contributed by atoms with Gasteiger partial charge in [-0.25, -0.2) is 18.1 Å². The van der Waals surface area contributed by atoms with Crippen LogP contribution in [0.2, 0.25) is 5.02 Å². The summed E-state index contributed by atoms with van der Waals surface area (Å²) in [5.41, 5.74) is 3.33. The molecule has 0 radical (unpaired) electrons. The lowest BCUT2D eigenvalue weighted by molar-refractivity contribution is 0.0980. The van der Waals surface area contributed by atoms with Gasteiger partial charge in [-0.1, -0.05) is 48.0 Å². The van der Waals surface area contributed by atoms with Gasteiger partial charge in [0.1, 0.15) is 22.8 Å². The number of aromatic nitrogens is 1. The van der Waals surface area contributed by atoms with E-state index in [0.717, 1.165) is 16.3 Å². The molecule has 2 aromatic heterocycles. The SMILES string of the molecule is Cc1ccccc1S(=O)(=O)NC(=O)c1cccc(Oc2ccc3oc(-c4ccc5ccc(Cl)cc5n4)cc3c2)c1C. The van der Waals surface area contributed by atoms with E-state index in [9.17, 15) is 13.2 Å². The third kappa shape index (κ3) is 5.27. The zero-order valence-electron chi connectivity index (χ0n) is 22.0. The molecule has 0 bridgehead atoms. The van der Waals surface area contributed by atoms with Crippen LogP contribution in [-0.4, -0.2) is 19.3 Å². The van der Waals surface area contributed by atoms with E-state index in [4.69, 9.17) is 20.8 Å². The Balaban J connectivity index is 1.25. The summed E-state index contributed by atoms with van der Waals surface area (Å²) < 4.78 is 40.0. The highest BCUT2D eigenvalue weighted by Crippen LogP contribution is 2.33. The fourth-order valence-corrected chi connectivity index (χ4v) is 6.01. The standard InChI is InChI=1S/C32H23ClN2O5S/c1-19-6-3-4-9-31(19)41(37,38)35-32(36)25-7-5-8-28(20(25)2)39-24-13-15-29-22(16-24)17-30(40-29)26-14-11-21-10-12-23(33)18-27(21)34-26/h3-18H,1-2H3,(H,35,36). The Morgan fingerprint density at radius 1 is 0.878 bits per heavy atom. The van der Waals surface area contributed by atoms with E-state index in [0.29, 0.717) is 44.7 Å². The first-order chi connectivity index (χ1) is 19.7. The van der Waals surface area contributed by atoms with Crippen molar-refractivity contribution >= 4 is 49.4 Å². The number of halogens is 1. The van der Waals surface area contributed by atoms with E-state index in [1.807, 2.05) is 42.5 Å². The van der Waals surface area contributed by atoms with Crippen molar-refractivity contribution in [2.24, 2.45) is 0 Å². The number of nitrogens with one attached hydrogen (secondary N) is 1. The van der Waals surface area contributed by atoms with E-state index in [2.05, 4.69) is 9.71 Å². The number of benzene rings is 4. The Bertz CT molecular complexity index is 2090. The number of furan rings is 1. The molecule has 0 saturated carbocycles. The van der Waals surface area contributed by atoms with Gasteiger partial charge in [-0.15, -0.1) is 0 Å². The van der Waals surface area contributed by atoms with E-state index in [-0.39, 0.29) is 10.5 Å². The number of nitrogens with zero attached hydrogens (tertiary/aromatic N) is 1. The van der Waals surface area contributed by atoms with Crippen molar-refractivity contribution in [3.05, 3.63) is 119 Å². The molecule has 41 heavy (non-hydrogen) atoms. The lowest BCUT2D eigenvalue weighted by Crippen LogP contribution is -2.31. The van der Waals surface area contributed by atoms with Crippen LogP contribution < -0.4 is 9.46 Å². The highest BCUT2D eigenvalue weighted by molar-refractivity contribution is 7.90. The third-order valence-electron chi connectivity index (χ3n) is 6.76. The van der Waals surface area contributed by atoms with Crippen molar-refractivity contribution in [2.45, 2.75) is 18.7 Å². The van der Waals surface area contributed by atoms with Gasteiger partial charge < -0.3 is 9.15 Å². The molecule has 6 aromatic rings. The molecular weight excluding hydrogens is 560 g/mol. The first-order valence-corrected chi connectivity index (χ1v) is 14.5. The van der Waals surface area contributed by atoms with Gasteiger partial charge in [0.2, 0.25) is 0 Å². The van der Waals surface area contributed by atoms with Gasteiger partial charge in [-0.05, 0) is 80.1 Å². The Kier molecular flexibility index (Phi) is 6.73. The summed E-state index contributed by atoms with van der Waals surface area (Å²) in [6.45, 7) is 3.38. The van der Waals surface area contributed by atoms with Crippen LogP contribution in [0.25, 0.3) is 33.3 Å². The lowest BCUT2D eigenvalue weighted by atomic mass is 10.1. The van der Waals surface area contributed by atoms with Gasteiger partial charge in [0.25, 0.3) is 15.9 Å². The number of aryl methyl sites for hydroxylation is 1. The topological polar surface area (TPSA) is 98.5 Å². The smallest absolute Gasteiger partial charge is 0.265 e. The molecule has 7 nitrogen and oxygen atoms in total. The van der Waals surface area contributed by atoms with Gasteiger partial charge in [-0.2, -0.15) is 0 Å². The summed E-state index contributed by atoms with van der Waals surface area (Å²) in [6.07, 6.45) is 0. The van der Waals surface area contributed by atoms with Crippen LogP contribution >= 0.6 is 11.6 Å². The third-order valence-corrected chi connectivity index (χ3v) is 8.49. The molecule has 0 saturated heterocycles. The lowest BCUT2D eigenvalue weighted by Gasteiger charge is -2.13. The Morgan fingerprint density at radius 2 is 1.68 bits per heavy atom. The fourth-order valence-electron chi connectivity index (χ4n) is 4.63. The Hall–Kier alpha value is -4.66. The van der Waals surface area contributed by atoms with Gasteiger partial charge in [0, 0.05) is 26.9 Å². The molecule has 6 rings (SSSR count). The van der Waals surface area contributed by atoms with Crippen LogP contribution in [0.4, 0.5) is 0 Å². The minimum atomic E-state index is -4.05. The molecule has 1 N–H and O–H groups in total.